The van der Waals surface area contributed by atoms with Gasteiger partial charge in [0.25, 0.3) is 0 Å². The van der Waals surface area contributed by atoms with Crippen LogP contribution in [0, 0.1) is 0 Å². The molecule has 0 aliphatic carbocycles. The van der Waals surface area contributed by atoms with Crippen LogP contribution in [0.4, 0.5) is 0 Å². The number of hydrogen-bond acceptors (Lipinski definition) is 2. The highest BCUT2D eigenvalue weighted by Crippen LogP contribution is 2.31. The third-order valence-corrected chi connectivity index (χ3v) is 4.81. The Bertz CT molecular complexity index is 1250. The van der Waals surface area contributed by atoms with Crippen LogP contribution in [0.2, 0.25) is 10.0 Å². The second-order valence-corrected chi connectivity index (χ2v) is 6.97. The number of benzene rings is 3. The number of halogens is 2. The van der Waals surface area contributed by atoms with Crippen LogP contribution >= 0.6 is 23.2 Å². The van der Waals surface area contributed by atoms with Crippen molar-refractivity contribution in [2.75, 3.05) is 0 Å². The minimum Gasteiger partial charge on any atom is -0.337 e. The number of hydrogen-bond donors (Lipinski definition) is 2. The van der Waals surface area contributed by atoms with E-state index in [4.69, 9.17) is 23.2 Å². The van der Waals surface area contributed by atoms with Crippen molar-refractivity contribution in [2.24, 2.45) is 0 Å². The highest BCUT2D eigenvalue weighted by Gasteiger charge is 2.13. The summed E-state index contributed by atoms with van der Waals surface area (Å²) in [5.41, 5.74) is 5.58. The second-order valence-electron chi connectivity index (χ2n) is 6.09. The molecular weight excluding hydrogens is 367 g/mol. The largest absolute Gasteiger partial charge is 0.337 e. The Morgan fingerprint density at radius 3 is 2.42 bits per heavy atom. The van der Waals surface area contributed by atoms with Gasteiger partial charge in [0, 0.05) is 15.4 Å². The summed E-state index contributed by atoms with van der Waals surface area (Å²) in [6, 6.07) is 19.5. The van der Waals surface area contributed by atoms with Crippen LogP contribution in [0.25, 0.3) is 44.6 Å². The van der Waals surface area contributed by atoms with Crippen LogP contribution in [0.15, 0.2) is 60.7 Å². The predicted octanol–water partition coefficient (Wildman–Crippen LogP) is 6.08. The van der Waals surface area contributed by atoms with Gasteiger partial charge in [-0.05, 0) is 47.5 Å². The van der Waals surface area contributed by atoms with Gasteiger partial charge in [-0.2, -0.15) is 5.10 Å². The molecule has 0 bridgehead atoms. The molecule has 5 aromatic rings. The summed E-state index contributed by atoms with van der Waals surface area (Å²) in [6.07, 6.45) is 0. The number of rotatable bonds is 2. The molecule has 2 N–H and O–H groups in total. The number of nitrogens with one attached hydrogen (secondary N) is 2. The molecule has 2 aromatic heterocycles. The van der Waals surface area contributed by atoms with E-state index in [0.29, 0.717) is 10.0 Å². The average Bonchev–Trinajstić information content (AvgIpc) is 3.23. The standard InChI is InChI=1S/C20H12Cl2N4/c21-13-7-12(8-14(22)10-13)11-5-6-17-18(9-11)24-20(23-17)19-15-3-1-2-4-16(15)25-26-19/h1-10H,(H,23,24)(H,25,26). The molecule has 5 rings (SSSR count). The van der Waals surface area contributed by atoms with Crippen LogP contribution < -0.4 is 0 Å². The van der Waals surface area contributed by atoms with Gasteiger partial charge in [-0.15, -0.1) is 0 Å². The molecule has 2 heterocycles. The van der Waals surface area contributed by atoms with Gasteiger partial charge in [0.1, 0.15) is 5.69 Å². The Balaban J connectivity index is 1.64. The number of imidazole rings is 1. The Hall–Kier alpha value is -2.82. The third-order valence-electron chi connectivity index (χ3n) is 4.37. The fourth-order valence-corrected chi connectivity index (χ4v) is 3.69. The Morgan fingerprint density at radius 2 is 1.58 bits per heavy atom. The first kappa shape index (κ1) is 15.4. The predicted molar refractivity (Wildman–Crippen MR) is 107 cm³/mol. The molecule has 26 heavy (non-hydrogen) atoms. The summed E-state index contributed by atoms with van der Waals surface area (Å²) in [5.74, 6) is 0.735. The molecule has 0 atom stereocenters. The Morgan fingerprint density at radius 1 is 0.769 bits per heavy atom. The van der Waals surface area contributed by atoms with Crippen molar-refractivity contribution in [1.82, 2.24) is 20.2 Å². The summed E-state index contributed by atoms with van der Waals surface area (Å²) in [4.78, 5) is 8.05. The van der Waals surface area contributed by atoms with E-state index in [9.17, 15) is 0 Å². The zero-order valence-electron chi connectivity index (χ0n) is 13.4. The monoisotopic (exact) mass is 378 g/mol. The molecule has 0 amide bonds. The lowest BCUT2D eigenvalue weighted by molar-refractivity contribution is 1.11. The smallest absolute Gasteiger partial charge is 0.159 e. The summed E-state index contributed by atoms with van der Waals surface area (Å²) < 4.78 is 0. The molecule has 0 saturated heterocycles. The molecule has 0 saturated carbocycles. The van der Waals surface area contributed by atoms with Gasteiger partial charge in [0.05, 0.1) is 16.6 Å². The van der Waals surface area contributed by atoms with Crippen LogP contribution in [0.3, 0.4) is 0 Å². The topological polar surface area (TPSA) is 57.4 Å². The van der Waals surface area contributed by atoms with E-state index < -0.39 is 0 Å². The Kier molecular flexibility index (Phi) is 3.48. The van der Waals surface area contributed by atoms with Crippen molar-refractivity contribution < 1.29 is 0 Å². The van der Waals surface area contributed by atoms with Gasteiger partial charge in [0.15, 0.2) is 5.82 Å². The summed E-state index contributed by atoms with van der Waals surface area (Å²) >= 11 is 12.3. The zero-order valence-corrected chi connectivity index (χ0v) is 14.9. The maximum absolute atomic E-state index is 6.13. The molecule has 0 aliphatic heterocycles. The quantitative estimate of drug-likeness (QED) is 0.391. The summed E-state index contributed by atoms with van der Waals surface area (Å²) in [7, 11) is 0. The van der Waals surface area contributed by atoms with E-state index >= 15 is 0 Å². The number of para-hydroxylation sites is 1. The van der Waals surface area contributed by atoms with Gasteiger partial charge in [-0.25, -0.2) is 4.98 Å². The van der Waals surface area contributed by atoms with Gasteiger partial charge >= 0.3 is 0 Å². The van der Waals surface area contributed by atoms with Gasteiger partial charge < -0.3 is 4.98 Å². The van der Waals surface area contributed by atoms with Crippen molar-refractivity contribution in [3.05, 3.63) is 70.7 Å². The van der Waals surface area contributed by atoms with Crippen LogP contribution in [0.5, 0.6) is 0 Å². The Labute approximate surface area is 158 Å². The van der Waals surface area contributed by atoms with Crippen LogP contribution in [-0.2, 0) is 0 Å². The molecule has 0 unspecified atom stereocenters. The maximum Gasteiger partial charge on any atom is 0.159 e. The molecule has 0 spiro atoms. The average molecular weight is 379 g/mol. The van der Waals surface area contributed by atoms with Crippen LogP contribution in [-0.4, -0.2) is 20.2 Å². The van der Waals surface area contributed by atoms with Gasteiger partial charge in [-0.3, -0.25) is 5.10 Å². The van der Waals surface area contributed by atoms with E-state index in [2.05, 4.69) is 20.2 Å². The molecule has 0 aliphatic rings. The second kappa shape index (κ2) is 5.87. The first-order valence-electron chi connectivity index (χ1n) is 8.07. The zero-order chi connectivity index (χ0) is 17.7. The lowest BCUT2D eigenvalue weighted by Crippen LogP contribution is -1.81. The highest BCUT2D eigenvalue weighted by molar-refractivity contribution is 6.35. The lowest BCUT2D eigenvalue weighted by Gasteiger charge is -2.03. The SMILES string of the molecule is Clc1cc(Cl)cc(-c2ccc3nc(-c4n[nH]c5ccccc45)[nH]c3c2)c1. The summed E-state index contributed by atoms with van der Waals surface area (Å²) in [6.45, 7) is 0. The summed E-state index contributed by atoms with van der Waals surface area (Å²) in [5, 5.41) is 9.71. The van der Waals surface area contributed by atoms with E-state index in [-0.39, 0.29) is 0 Å². The normalized spacial score (nSPS) is 11.5. The number of fused-ring (bicyclic) bond motifs is 2. The molecule has 0 fully saturated rings. The first-order valence-corrected chi connectivity index (χ1v) is 8.83. The number of H-pyrrole nitrogens is 2. The molecular formula is C20H12Cl2N4. The first-order chi connectivity index (χ1) is 12.7. The number of nitrogens with zero attached hydrogens (tertiary/aromatic N) is 2. The van der Waals surface area contributed by atoms with E-state index in [1.807, 2.05) is 54.6 Å². The highest BCUT2D eigenvalue weighted by atomic mass is 35.5. The van der Waals surface area contributed by atoms with Gasteiger partial charge in [-0.1, -0.05) is 47.5 Å². The van der Waals surface area contributed by atoms with Crippen molar-refractivity contribution in [2.45, 2.75) is 0 Å². The maximum atomic E-state index is 6.13. The number of aromatic amines is 2. The van der Waals surface area contributed by atoms with Crippen molar-refractivity contribution in [1.29, 1.82) is 0 Å². The van der Waals surface area contributed by atoms with Gasteiger partial charge in [0.2, 0.25) is 0 Å². The van der Waals surface area contributed by atoms with E-state index in [1.54, 1.807) is 6.07 Å². The van der Waals surface area contributed by atoms with Crippen molar-refractivity contribution in [3.8, 4) is 22.6 Å². The third kappa shape index (κ3) is 2.55. The molecule has 3 aromatic carbocycles. The minimum atomic E-state index is 0.612. The molecule has 6 heteroatoms. The lowest BCUT2D eigenvalue weighted by atomic mass is 10.1. The molecule has 4 nitrogen and oxygen atoms in total. The van der Waals surface area contributed by atoms with Crippen molar-refractivity contribution >= 4 is 45.1 Å². The molecule has 126 valence electrons. The molecule has 0 radical (unpaired) electrons. The van der Waals surface area contributed by atoms with E-state index in [1.165, 1.54) is 0 Å². The fourth-order valence-electron chi connectivity index (χ4n) is 3.17. The van der Waals surface area contributed by atoms with Crippen LogP contribution in [0.1, 0.15) is 0 Å². The van der Waals surface area contributed by atoms with E-state index in [0.717, 1.165) is 44.6 Å². The fraction of sp³-hybridized carbons (Fsp3) is 0. The number of aromatic nitrogens is 4. The minimum absolute atomic E-state index is 0.612. The van der Waals surface area contributed by atoms with Crippen molar-refractivity contribution in [3.63, 3.8) is 0 Å².